The van der Waals surface area contributed by atoms with Gasteiger partial charge in [-0.3, -0.25) is 4.79 Å². The first-order valence-corrected chi connectivity index (χ1v) is 7.93. The highest BCUT2D eigenvalue weighted by Crippen LogP contribution is 2.28. The van der Waals surface area contributed by atoms with Crippen LogP contribution in [-0.2, 0) is 4.74 Å². The molecule has 0 saturated carbocycles. The number of aryl methyl sites for hydroxylation is 1. The first kappa shape index (κ1) is 18.2. The van der Waals surface area contributed by atoms with Crippen LogP contribution in [0.5, 0.6) is 0 Å². The summed E-state index contributed by atoms with van der Waals surface area (Å²) in [6, 6.07) is 2.75. The van der Waals surface area contributed by atoms with Gasteiger partial charge in [0.1, 0.15) is 10.7 Å². The molecule has 0 aliphatic carbocycles. The van der Waals surface area contributed by atoms with Crippen LogP contribution in [0.4, 0.5) is 0 Å². The number of halogens is 1. The maximum absolute atomic E-state index is 12.3. The minimum Gasteiger partial charge on any atom is -0.462 e. The van der Waals surface area contributed by atoms with Gasteiger partial charge in [0, 0.05) is 24.0 Å². The Morgan fingerprint density at radius 3 is 2.79 bits per heavy atom. The minimum atomic E-state index is -0.693. The summed E-state index contributed by atoms with van der Waals surface area (Å²) < 4.78 is 6.55. The number of carbonyl (C=O) groups excluding carboxylic acids is 1. The van der Waals surface area contributed by atoms with E-state index < -0.39 is 11.4 Å². The van der Waals surface area contributed by atoms with E-state index in [4.69, 9.17) is 16.3 Å². The molecule has 24 heavy (non-hydrogen) atoms. The fourth-order valence-electron chi connectivity index (χ4n) is 2.31. The molecule has 1 atom stereocenters. The van der Waals surface area contributed by atoms with Gasteiger partial charge >= 0.3 is 5.97 Å². The number of rotatable bonds is 5. The molecule has 0 spiro atoms. The summed E-state index contributed by atoms with van der Waals surface area (Å²) in [5.41, 5.74) is 1.36. The number of aliphatic hydroxyl groups excluding tert-OH is 1. The molecule has 0 saturated heterocycles. The van der Waals surface area contributed by atoms with Crippen LogP contribution >= 0.6 is 11.6 Å². The number of aromatic nitrogens is 2. The van der Waals surface area contributed by atoms with Crippen LogP contribution in [0.25, 0.3) is 11.3 Å². The lowest BCUT2D eigenvalue weighted by atomic mass is 10.1. The van der Waals surface area contributed by atoms with E-state index in [1.165, 1.54) is 12.3 Å². The normalized spacial score (nSPS) is 12.0. The maximum Gasteiger partial charge on any atom is 0.343 e. The van der Waals surface area contributed by atoms with E-state index in [1.807, 2.05) is 6.92 Å². The van der Waals surface area contributed by atoms with Crippen molar-refractivity contribution >= 4 is 17.6 Å². The third kappa shape index (κ3) is 3.66. The van der Waals surface area contributed by atoms with Crippen molar-refractivity contribution in [2.75, 3.05) is 13.2 Å². The Hall–Kier alpha value is -2.18. The number of hydrogen-bond acceptors (Lipinski definition) is 5. The Balaban J connectivity index is 2.71. The molecule has 0 unspecified atom stereocenters. The van der Waals surface area contributed by atoms with E-state index in [2.05, 4.69) is 4.98 Å². The summed E-state index contributed by atoms with van der Waals surface area (Å²) in [6.45, 7) is 5.29. The van der Waals surface area contributed by atoms with Gasteiger partial charge in [-0.2, -0.15) is 0 Å². The zero-order chi connectivity index (χ0) is 17.9. The molecule has 0 aromatic carbocycles. The molecule has 128 valence electrons. The largest absolute Gasteiger partial charge is 0.462 e. The van der Waals surface area contributed by atoms with Gasteiger partial charge in [-0.15, -0.1) is 0 Å². The average Bonchev–Trinajstić information content (AvgIpc) is 2.56. The standard InChI is InChI=1S/C17H19ClN2O4/c1-4-24-17(23)13-8-20(11(3)9-21)14(6-15(13)22)12-5-10(2)7-19-16(12)18/h5-8,11,21H,4,9H2,1-3H3/t11-/m1/s1. The number of esters is 1. The third-order valence-corrected chi connectivity index (χ3v) is 3.87. The molecule has 2 heterocycles. The summed E-state index contributed by atoms with van der Waals surface area (Å²) in [6.07, 6.45) is 3.02. The van der Waals surface area contributed by atoms with Gasteiger partial charge in [0.2, 0.25) is 0 Å². The van der Waals surface area contributed by atoms with Crippen molar-refractivity contribution in [1.29, 1.82) is 0 Å². The second-order valence-corrected chi connectivity index (χ2v) is 5.80. The van der Waals surface area contributed by atoms with E-state index in [-0.39, 0.29) is 30.0 Å². The highest BCUT2D eigenvalue weighted by molar-refractivity contribution is 6.32. The minimum absolute atomic E-state index is 0.0855. The molecule has 0 amide bonds. The quantitative estimate of drug-likeness (QED) is 0.662. The smallest absolute Gasteiger partial charge is 0.343 e. The summed E-state index contributed by atoms with van der Waals surface area (Å²) >= 11 is 6.17. The fourth-order valence-corrected chi connectivity index (χ4v) is 2.51. The van der Waals surface area contributed by atoms with Crippen molar-refractivity contribution in [3.05, 3.63) is 51.0 Å². The Kier molecular flexibility index (Phi) is 5.75. The second-order valence-electron chi connectivity index (χ2n) is 5.45. The van der Waals surface area contributed by atoms with Gasteiger partial charge in [-0.25, -0.2) is 9.78 Å². The molecule has 0 aliphatic heterocycles. The fraction of sp³-hybridized carbons (Fsp3) is 0.353. The van der Waals surface area contributed by atoms with Crippen LogP contribution in [0.2, 0.25) is 5.15 Å². The second kappa shape index (κ2) is 7.59. The van der Waals surface area contributed by atoms with E-state index in [9.17, 15) is 14.7 Å². The number of hydrogen-bond donors (Lipinski definition) is 1. The van der Waals surface area contributed by atoms with Gasteiger partial charge in [-0.1, -0.05) is 11.6 Å². The summed E-state index contributed by atoms with van der Waals surface area (Å²) in [4.78, 5) is 28.4. The van der Waals surface area contributed by atoms with Crippen LogP contribution in [0.3, 0.4) is 0 Å². The molecule has 1 N–H and O–H groups in total. The van der Waals surface area contributed by atoms with Crippen LogP contribution in [0.15, 0.2) is 29.3 Å². The van der Waals surface area contributed by atoms with Gasteiger partial charge < -0.3 is 14.4 Å². The van der Waals surface area contributed by atoms with Crippen molar-refractivity contribution in [2.45, 2.75) is 26.8 Å². The highest BCUT2D eigenvalue weighted by Gasteiger charge is 2.19. The van der Waals surface area contributed by atoms with Crippen molar-refractivity contribution in [3.63, 3.8) is 0 Å². The van der Waals surface area contributed by atoms with Crippen LogP contribution in [0, 0.1) is 6.92 Å². The van der Waals surface area contributed by atoms with Crippen LogP contribution in [-0.4, -0.2) is 33.8 Å². The van der Waals surface area contributed by atoms with E-state index in [0.717, 1.165) is 5.56 Å². The zero-order valence-electron chi connectivity index (χ0n) is 13.7. The predicted molar refractivity (Wildman–Crippen MR) is 91.4 cm³/mol. The molecule has 0 fully saturated rings. The lowest BCUT2D eigenvalue weighted by Crippen LogP contribution is -2.23. The maximum atomic E-state index is 12.3. The molecule has 2 aromatic rings. The van der Waals surface area contributed by atoms with E-state index >= 15 is 0 Å². The van der Waals surface area contributed by atoms with Crippen LogP contribution < -0.4 is 5.43 Å². The first-order valence-electron chi connectivity index (χ1n) is 7.55. The zero-order valence-corrected chi connectivity index (χ0v) is 14.5. The Morgan fingerprint density at radius 1 is 1.46 bits per heavy atom. The lowest BCUT2D eigenvalue weighted by Gasteiger charge is -2.20. The predicted octanol–water partition coefficient (Wildman–Crippen LogP) is 2.60. The van der Waals surface area contributed by atoms with Crippen molar-refractivity contribution in [2.24, 2.45) is 0 Å². The summed E-state index contributed by atoms with van der Waals surface area (Å²) in [5, 5.41) is 9.76. The number of nitrogens with zero attached hydrogens (tertiary/aromatic N) is 2. The summed E-state index contributed by atoms with van der Waals surface area (Å²) in [7, 11) is 0. The topological polar surface area (TPSA) is 81.4 Å². The Bertz CT molecular complexity index is 817. The van der Waals surface area contributed by atoms with Crippen molar-refractivity contribution < 1.29 is 14.6 Å². The third-order valence-electron chi connectivity index (χ3n) is 3.57. The highest BCUT2D eigenvalue weighted by atomic mass is 35.5. The van der Waals surface area contributed by atoms with Gasteiger partial charge in [0.25, 0.3) is 0 Å². The Morgan fingerprint density at radius 2 is 2.17 bits per heavy atom. The Labute approximate surface area is 144 Å². The molecule has 0 aliphatic rings. The number of pyridine rings is 2. The van der Waals surface area contributed by atoms with Gasteiger partial charge in [0.05, 0.1) is 24.9 Å². The molecule has 2 rings (SSSR count). The van der Waals surface area contributed by atoms with E-state index in [0.29, 0.717) is 11.3 Å². The monoisotopic (exact) mass is 350 g/mol. The number of carbonyl (C=O) groups is 1. The van der Waals surface area contributed by atoms with Gasteiger partial charge in [0.15, 0.2) is 5.43 Å². The van der Waals surface area contributed by atoms with Crippen LogP contribution in [0.1, 0.15) is 35.8 Å². The molecule has 0 radical (unpaired) electrons. The van der Waals surface area contributed by atoms with Crippen molar-refractivity contribution in [3.8, 4) is 11.3 Å². The molecule has 2 aromatic heterocycles. The first-order chi connectivity index (χ1) is 11.4. The molecular weight excluding hydrogens is 332 g/mol. The van der Waals surface area contributed by atoms with Crippen molar-refractivity contribution in [1.82, 2.24) is 9.55 Å². The number of ether oxygens (including phenoxy) is 1. The van der Waals surface area contributed by atoms with E-state index in [1.54, 1.807) is 30.7 Å². The lowest BCUT2D eigenvalue weighted by molar-refractivity contribution is 0.0523. The molecular formula is C17H19ClN2O4. The molecule has 7 heteroatoms. The SMILES string of the molecule is CCOC(=O)c1cn([C@H](C)CO)c(-c2cc(C)cnc2Cl)cc1=O. The molecule has 6 nitrogen and oxygen atoms in total. The molecule has 0 bridgehead atoms. The average molecular weight is 351 g/mol. The summed E-state index contributed by atoms with van der Waals surface area (Å²) in [5.74, 6) is -0.693. The number of aliphatic hydroxyl groups is 1. The van der Waals surface area contributed by atoms with Gasteiger partial charge in [-0.05, 0) is 32.4 Å².